The number of nitrogens with zero attached hydrogens (tertiary/aromatic N) is 7. The number of morpholine rings is 1. The summed E-state index contributed by atoms with van der Waals surface area (Å²) in [5, 5.41) is 7.45. The number of hydrogen-bond donors (Lipinski definition) is 2. The van der Waals surface area contributed by atoms with Crippen LogP contribution in [-0.4, -0.2) is 88.9 Å². The molecule has 1 aliphatic rings. The Morgan fingerprint density at radius 1 is 1.26 bits per heavy atom. The summed E-state index contributed by atoms with van der Waals surface area (Å²) in [6, 6.07) is 1.78. The second-order valence-electron chi connectivity index (χ2n) is 7.65. The molecule has 1 fully saturated rings. The number of nitrogens with one attached hydrogen (secondary N) is 1. The molecule has 0 bridgehead atoms. The largest absolute Gasteiger partial charge is 0.378 e. The summed E-state index contributed by atoms with van der Waals surface area (Å²) in [4.78, 5) is 29.8. The zero-order valence-corrected chi connectivity index (χ0v) is 17.8. The number of carbonyl (C=O) groups excluding carboxylic acids is 1. The molecule has 0 spiro atoms. The van der Waals surface area contributed by atoms with E-state index in [1.807, 2.05) is 14.1 Å². The summed E-state index contributed by atoms with van der Waals surface area (Å²) in [7, 11) is 4.02. The van der Waals surface area contributed by atoms with Crippen molar-refractivity contribution in [3.63, 3.8) is 0 Å². The highest BCUT2D eigenvalue weighted by Crippen LogP contribution is 2.26. The smallest absolute Gasteiger partial charge is 0.271 e. The Bertz CT molecular complexity index is 1040. The highest BCUT2D eigenvalue weighted by molar-refractivity contribution is 5.94. The summed E-state index contributed by atoms with van der Waals surface area (Å²) in [6.07, 6.45) is 5.90. The van der Waals surface area contributed by atoms with Crippen LogP contribution in [0.3, 0.4) is 0 Å². The third-order valence-corrected chi connectivity index (χ3v) is 5.01. The van der Waals surface area contributed by atoms with Crippen LogP contribution in [0.2, 0.25) is 0 Å². The van der Waals surface area contributed by atoms with Gasteiger partial charge in [-0.15, -0.1) is 0 Å². The molecule has 4 rings (SSSR count). The fourth-order valence-corrected chi connectivity index (χ4v) is 3.39. The molecule has 0 unspecified atom stereocenters. The third-order valence-electron chi connectivity index (χ3n) is 5.01. The van der Waals surface area contributed by atoms with Gasteiger partial charge in [0.25, 0.3) is 5.91 Å². The van der Waals surface area contributed by atoms with E-state index in [1.54, 1.807) is 29.2 Å². The fraction of sp³-hybridized carbons (Fsp3) is 0.450. The van der Waals surface area contributed by atoms with Gasteiger partial charge in [-0.05, 0) is 27.1 Å². The van der Waals surface area contributed by atoms with Crippen LogP contribution in [0.5, 0.6) is 0 Å². The lowest BCUT2D eigenvalue weighted by molar-refractivity contribution is 0.0947. The number of fused-ring (bicyclic) bond motifs is 1. The van der Waals surface area contributed by atoms with Crippen molar-refractivity contribution in [2.75, 3.05) is 64.1 Å². The molecule has 11 heteroatoms. The van der Waals surface area contributed by atoms with E-state index in [-0.39, 0.29) is 11.9 Å². The van der Waals surface area contributed by atoms with Gasteiger partial charge in [-0.3, -0.25) is 4.79 Å². The van der Waals surface area contributed by atoms with Gasteiger partial charge in [0.1, 0.15) is 5.52 Å². The Labute approximate surface area is 180 Å². The van der Waals surface area contributed by atoms with Gasteiger partial charge in [-0.2, -0.15) is 5.10 Å². The van der Waals surface area contributed by atoms with Gasteiger partial charge in [0.05, 0.1) is 25.1 Å². The molecule has 3 N–H and O–H groups in total. The van der Waals surface area contributed by atoms with Crippen LogP contribution in [-0.2, 0) is 4.74 Å². The van der Waals surface area contributed by atoms with Crippen molar-refractivity contribution < 1.29 is 9.53 Å². The Morgan fingerprint density at radius 2 is 2.00 bits per heavy atom. The molecule has 0 saturated carbocycles. The number of rotatable bonds is 7. The summed E-state index contributed by atoms with van der Waals surface area (Å²) in [5.41, 5.74) is 8.10. The minimum atomic E-state index is -0.201. The Hall–Kier alpha value is -3.31. The first-order chi connectivity index (χ1) is 15.0. The quantitative estimate of drug-likeness (QED) is 0.513. The summed E-state index contributed by atoms with van der Waals surface area (Å²) in [5.74, 6) is 0.745. The Kier molecular flexibility index (Phi) is 6.23. The molecule has 1 saturated heterocycles. The zero-order chi connectivity index (χ0) is 21.8. The first-order valence-corrected chi connectivity index (χ1v) is 10.3. The standard InChI is InChI=1S/C20H27N9O2/c1-27(2)5-3-4-22-19(30)15-10-17-18(28-6-8-31-9-7-28)25-16(13-29(17)26-15)14-11-23-20(21)24-12-14/h10-13H,3-9H2,1-2H3,(H,22,30)(H2,21,23,24). The number of carbonyl (C=O) groups is 1. The number of nitrogen functional groups attached to an aromatic ring is 1. The monoisotopic (exact) mass is 425 g/mol. The van der Waals surface area contributed by atoms with Crippen molar-refractivity contribution in [2.45, 2.75) is 6.42 Å². The molecule has 11 nitrogen and oxygen atoms in total. The van der Waals surface area contributed by atoms with Gasteiger partial charge in [0.15, 0.2) is 11.5 Å². The highest BCUT2D eigenvalue weighted by Gasteiger charge is 2.21. The Morgan fingerprint density at radius 3 is 2.71 bits per heavy atom. The molecule has 0 aliphatic carbocycles. The maximum Gasteiger partial charge on any atom is 0.271 e. The maximum absolute atomic E-state index is 12.7. The second kappa shape index (κ2) is 9.23. The van der Waals surface area contributed by atoms with Crippen molar-refractivity contribution in [3.8, 4) is 11.3 Å². The number of aromatic nitrogens is 5. The highest BCUT2D eigenvalue weighted by atomic mass is 16.5. The molecule has 1 aliphatic heterocycles. The normalized spacial score (nSPS) is 14.4. The maximum atomic E-state index is 12.7. The summed E-state index contributed by atoms with van der Waals surface area (Å²) in [6.45, 7) is 4.16. The van der Waals surface area contributed by atoms with E-state index in [2.05, 4.69) is 30.2 Å². The minimum absolute atomic E-state index is 0.200. The van der Waals surface area contributed by atoms with Gasteiger partial charge in [-0.25, -0.2) is 19.5 Å². The van der Waals surface area contributed by atoms with Crippen LogP contribution in [0.15, 0.2) is 24.7 Å². The van der Waals surface area contributed by atoms with E-state index in [1.165, 1.54) is 0 Å². The molecule has 1 amide bonds. The summed E-state index contributed by atoms with van der Waals surface area (Å²) < 4.78 is 7.18. The predicted molar refractivity (Wildman–Crippen MR) is 117 cm³/mol. The molecule has 31 heavy (non-hydrogen) atoms. The van der Waals surface area contributed by atoms with Crippen LogP contribution in [0, 0.1) is 0 Å². The lowest BCUT2D eigenvalue weighted by atomic mass is 10.2. The van der Waals surface area contributed by atoms with Crippen molar-refractivity contribution in [3.05, 3.63) is 30.4 Å². The minimum Gasteiger partial charge on any atom is -0.378 e. The zero-order valence-electron chi connectivity index (χ0n) is 17.8. The van der Waals surface area contributed by atoms with Gasteiger partial charge in [-0.1, -0.05) is 0 Å². The first kappa shape index (κ1) is 20.9. The van der Waals surface area contributed by atoms with Crippen molar-refractivity contribution in [1.82, 2.24) is 34.8 Å². The van der Waals surface area contributed by atoms with E-state index in [9.17, 15) is 4.79 Å². The van der Waals surface area contributed by atoms with Gasteiger partial charge in [0.2, 0.25) is 5.95 Å². The lowest BCUT2D eigenvalue weighted by Crippen LogP contribution is -2.37. The number of hydrogen-bond acceptors (Lipinski definition) is 9. The van der Waals surface area contributed by atoms with Crippen LogP contribution in [0.1, 0.15) is 16.9 Å². The number of amides is 1. The molecule has 3 aromatic heterocycles. The molecule has 4 heterocycles. The van der Waals surface area contributed by atoms with Crippen LogP contribution in [0.4, 0.5) is 11.8 Å². The molecule has 164 valence electrons. The molecule has 0 radical (unpaired) electrons. The number of ether oxygens (including phenoxy) is 1. The first-order valence-electron chi connectivity index (χ1n) is 10.3. The molecule has 0 aromatic carbocycles. The van der Waals surface area contributed by atoms with Crippen LogP contribution in [0.25, 0.3) is 16.8 Å². The lowest BCUT2D eigenvalue weighted by Gasteiger charge is -2.28. The molecule has 0 atom stereocenters. The van der Waals surface area contributed by atoms with Gasteiger partial charge >= 0.3 is 0 Å². The molecule has 3 aromatic rings. The van der Waals surface area contributed by atoms with E-state index in [4.69, 9.17) is 15.5 Å². The number of nitrogens with two attached hydrogens (primary N) is 1. The van der Waals surface area contributed by atoms with Crippen molar-refractivity contribution >= 4 is 23.2 Å². The van der Waals surface area contributed by atoms with Crippen molar-refractivity contribution in [1.29, 1.82) is 0 Å². The van der Waals surface area contributed by atoms with E-state index in [0.29, 0.717) is 44.2 Å². The van der Waals surface area contributed by atoms with E-state index >= 15 is 0 Å². The second-order valence-corrected chi connectivity index (χ2v) is 7.65. The van der Waals surface area contributed by atoms with Crippen molar-refractivity contribution in [2.24, 2.45) is 0 Å². The van der Waals surface area contributed by atoms with E-state index in [0.717, 1.165) is 29.9 Å². The molecular weight excluding hydrogens is 398 g/mol. The van der Waals surface area contributed by atoms with Crippen LogP contribution < -0.4 is 16.0 Å². The average molecular weight is 425 g/mol. The number of anilines is 2. The van der Waals surface area contributed by atoms with E-state index < -0.39 is 0 Å². The summed E-state index contributed by atoms with van der Waals surface area (Å²) >= 11 is 0. The SMILES string of the molecule is CN(C)CCCNC(=O)c1cc2c(N3CCOCC3)nc(-c3cnc(N)nc3)cn2n1. The average Bonchev–Trinajstić information content (AvgIpc) is 3.21. The topological polar surface area (TPSA) is 127 Å². The third kappa shape index (κ3) is 4.89. The fourth-order valence-electron chi connectivity index (χ4n) is 3.39. The van der Waals surface area contributed by atoms with Gasteiger partial charge in [0, 0.05) is 43.7 Å². The predicted octanol–water partition coefficient (Wildman–Crippen LogP) is 0.287. The van der Waals surface area contributed by atoms with Gasteiger partial charge < -0.3 is 25.6 Å². The molecular formula is C20H27N9O2. The Balaban J connectivity index is 1.66. The van der Waals surface area contributed by atoms with Crippen LogP contribution >= 0.6 is 0 Å².